The van der Waals surface area contributed by atoms with Crippen LogP contribution < -0.4 is 20.5 Å². The van der Waals surface area contributed by atoms with E-state index < -0.39 is 24.0 Å². The summed E-state index contributed by atoms with van der Waals surface area (Å²) >= 11 is 0. The Bertz CT molecular complexity index is 501. The van der Waals surface area contributed by atoms with Crippen LogP contribution in [0.3, 0.4) is 0 Å². The molecule has 1 atom stereocenters. The van der Waals surface area contributed by atoms with Crippen LogP contribution in [0.2, 0.25) is 0 Å². The second-order valence-electron chi connectivity index (χ2n) is 5.58. The van der Waals surface area contributed by atoms with Crippen molar-refractivity contribution >= 4 is 11.6 Å². The number of ether oxygens (including phenoxy) is 2. The second-order valence-corrected chi connectivity index (χ2v) is 5.58. The number of hydrogen-bond acceptors (Lipinski definition) is 4. The van der Waals surface area contributed by atoms with Crippen molar-refractivity contribution in [2.75, 3.05) is 12.4 Å². The number of carbonyl (C=O) groups excluding carboxylic acids is 1. The fraction of sp³-hybridized carbons (Fsp3) is 0.500. The molecule has 0 spiro atoms. The molecule has 0 saturated carbocycles. The Balaban J connectivity index is 2.92. The Morgan fingerprint density at radius 2 is 1.90 bits per heavy atom. The van der Waals surface area contributed by atoms with Gasteiger partial charge >= 0.3 is 6.61 Å². The SMILES string of the molecule is COc1ccc(NC(=O)C(N)C(C)(C)C)cc1OC(F)F. The van der Waals surface area contributed by atoms with E-state index in [4.69, 9.17) is 10.5 Å². The van der Waals surface area contributed by atoms with Gasteiger partial charge in [0.25, 0.3) is 0 Å². The molecule has 1 aromatic carbocycles. The predicted octanol–water partition coefficient (Wildman–Crippen LogP) is 2.61. The van der Waals surface area contributed by atoms with E-state index in [1.165, 1.54) is 25.3 Å². The molecule has 7 heteroatoms. The van der Waals surface area contributed by atoms with Gasteiger partial charge in [-0.2, -0.15) is 8.78 Å². The number of alkyl halides is 2. The highest BCUT2D eigenvalue weighted by molar-refractivity contribution is 5.95. The standard InChI is InChI=1S/C14H20F2N2O3/c1-14(2,3)11(17)12(19)18-8-5-6-9(20-4)10(7-8)21-13(15)16/h5-7,11,13H,17H2,1-4H3,(H,18,19). The lowest BCUT2D eigenvalue weighted by molar-refractivity contribution is -0.119. The summed E-state index contributed by atoms with van der Waals surface area (Å²) < 4.78 is 33.9. The van der Waals surface area contributed by atoms with Crippen LogP contribution in [-0.4, -0.2) is 25.7 Å². The highest BCUT2D eigenvalue weighted by Gasteiger charge is 2.27. The summed E-state index contributed by atoms with van der Waals surface area (Å²) in [6.45, 7) is 2.51. The van der Waals surface area contributed by atoms with E-state index in [-0.39, 0.29) is 11.5 Å². The summed E-state index contributed by atoms with van der Waals surface area (Å²) in [5.74, 6) is -0.418. The molecule has 0 saturated heterocycles. The lowest BCUT2D eigenvalue weighted by Crippen LogP contribution is -2.45. The minimum Gasteiger partial charge on any atom is -0.493 e. The molecule has 5 nitrogen and oxygen atoms in total. The third-order valence-electron chi connectivity index (χ3n) is 2.86. The molecule has 3 N–H and O–H groups in total. The molecule has 118 valence electrons. The molecule has 0 heterocycles. The van der Waals surface area contributed by atoms with Crippen molar-refractivity contribution in [3.05, 3.63) is 18.2 Å². The molecule has 0 aliphatic rings. The van der Waals surface area contributed by atoms with E-state index in [2.05, 4.69) is 10.1 Å². The van der Waals surface area contributed by atoms with Crippen molar-refractivity contribution in [1.29, 1.82) is 0 Å². The minimum atomic E-state index is -2.98. The van der Waals surface area contributed by atoms with Crippen molar-refractivity contribution in [1.82, 2.24) is 0 Å². The third-order valence-corrected chi connectivity index (χ3v) is 2.86. The number of carbonyl (C=O) groups is 1. The molecule has 1 aromatic rings. The lowest BCUT2D eigenvalue weighted by atomic mass is 9.87. The molecule has 0 bridgehead atoms. The number of methoxy groups -OCH3 is 1. The van der Waals surface area contributed by atoms with Gasteiger partial charge < -0.3 is 20.5 Å². The van der Waals surface area contributed by atoms with Gasteiger partial charge in [-0.05, 0) is 17.5 Å². The Kier molecular flexibility index (Phi) is 5.48. The normalized spacial score (nSPS) is 13.0. The van der Waals surface area contributed by atoms with Gasteiger partial charge in [0.15, 0.2) is 11.5 Å². The van der Waals surface area contributed by atoms with Gasteiger partial charge in [0.05, 0.1) is 13.2 Å². The van der Waals surface area contributed by atoms with E-state index in [1.807, 2.05) is 20.8 Å². The third kappa shape index (κ3) is 4.86. The maximum Gasteiger partial charge on any atom is 0.387 e. The smallest absolute Gasteiger partial charge is 0.387 e. The zero-order valence-corrected chi connectivity index (χ0v) is 12.4. The van der Waals surface area contributed by atoms with Crippen molar-refractivity contribution in [3.8, 4) is 11.5 Å². The van der Waals surface area contributed by atoms with Gasteiger partial charge in [-0.3, -0.25) is 4.79 Å². The Labute approximate surface area is 122 Å². The molecular formula is C14H20F2N2O3. The maximum absolute atomic E-state index is 12.3. The summed E-state index contributed by atoms with van der Waals surface area (Å²) in [6, 6.07) is 3.47. The average molecular weight is 302 g/mol. The van der Waals surface area contributed by atoms with E-state index in [0.29, 0.717) is 5.69 Å². The number of rotatable bonds is 5. The van der Waals surface area contributed by atoms with Gasteiger partial charge in [0.2, 0.25) is 5.91 Å². The Morgan fingerprint density at radius 1 is 1.29 bits per heavy atom. The van der Waals surface area contributed by atoms with Crippen LogP contribution >= 0.6 is 0 Å². The molecule has 0 fully saturated rings. The Morgan fingerprint density at radius 3 is 2.38 bits per heavy atom. The van der Waals surface area contributed by atoms with Crippen LogP contribution in [0.4, 0.5) is 14.5 Å². The monoisotopic (exact) mass is 302 g/mol. The molecular weight excluding hydrogens is 282 g/mol. The van der Waals surface area contributed by atoms with Gasteiger partial charge in [-0.15, -0.1) is 0 Å². The highest BCUT2D eigenvalue weighted by Crippen LogP contribution is 2.31. The first-order chi connectivity index (χ1) is 9.65. The zero-order chi connectivity index (χ0) is 16.2. The van der Waals surface area contributed by atoms with Crippen LogP contribution in [0.5, 0.6) is 11.5 Å². The van der Waals surface area contributed by atoms with Crippen LogP contribution in [-0.2, 0) is 4.79 Å². The van der Waals surface area contributed by atoms with Gasteiger partial charge in [0.1, 0.15) is 0 Å². The van der Waals surface area contributed by atoms with Crippen LogP contribution in [0.1, 0.15) is 20.8 Å². The Hall–Kier alpha value is -1.89. The predicted molar refractivity (Wildman–Crippen MR) is 75.7 cm³/mol. The van der Waals surface area contributed by atoms with Gasteiger partial charge in [-0.1, -0.05) is 20.8 Å². The molecule has 0 radical (unpaired) electrons. The maximum atomic E-state index is 12.3. The fourth-order valence-electron chi connectivity index (χ4n) is 1.56. The number of halogens is 2. The molecule has 1 unspecified atom stereocenters. The van der Waals surface area contributed by atoms with Crippen molar-refractivity contribution in [2.24, 2.45) is 11.1 Å². The van der Waals surface area contributed by atoms with E-state index >= 15 is 0 Å². The summed E-state index contributed by atoms with van der Waals surface area (Å²) in [6.07, 6.45) is 0. The van der Waals surface area contributed by atoms with Crippen molar-refractivity contribution in [2.45, 2.75) is 33.4 Å². The lowest BCUT2D eigenvalue weighted by Gasteiger charge is -2.25. The zero-order valence-electron chi connectivity index (χ0n) is 12.4. The van der Waals surface area contributed by atoms with E-state index in [1.54, 1.807) is 0 Å². The summed E-state index contributed by atoms with van der Waals surface area (Å²) in [5, 5.41) is 2.57. The fourth-order valence-corrected chi connectivity index (χ4v) is 1.56. The van der Waals surface area contributed by atoms with Crippen LogP contribution in [0.15, 0.2) is 18.2 Å². The number of anilines is 1. The number of nitrogens with two attached hydrogens (primary N) is 1. The number of nitrogens with one attached hydrogen (secondary N) is 1. The summed E-state index contributed by atoms with van der Waals surface area (Å²) in [7, 11) is 1.33. The van der Waals surface area contributed by atoms with Crippen LogP contribution in [0, 0.1) is 5.41 Å². The first-order valence-electron chi connectivity index (χ1n) is 6.34. The first kappa shape index (κ1) is 17.2. The molecule has 0 aromatic heterocycles. The quantitative estimate of drug-likeness (QED) is 0.877. The van der Waals surface area contributed by atoms with Crippen molar-refractivity contribution in [3.63, 3.8) is 0 Å². The molecule has 0 aliphatic heterocycles. The van der Waals surface area contributed by atoms with Crippen molar-refractivity contribution < 1.29 is 23.0 Å². The van der Waals surface area contributed by atoms with E-state index in [0.717, 1.165) is 0 Å². The topological polar surface area (TPSA) is 73.6 Å². The largest absolute Gasteiger partial charge is 0.493 e. The van der Waals surface area contributed by atoms with E-state index in [9.17, 15) is 13.6 Å². The minimum absolute atomic E-state index is 0.147. The number of benzene rings is 1. The van der Waals surface area contributed by atoms with Gasteiger partial charge in [0, 0.05) is 11.8 Å². The molecule has 0 aliphatic carbocycles. The molecule has 21 heavy (non-hydrogen) atoms. The molecule has 1 amide bonds. The molecule has 1 rings (SSSR count). The average Bonchev–Trinajstić information content (AvgIpc) is 2.36. The summed E-state index contributed by atoms with van der Waals surface area (Å²) in [5.41, 5.74) is 5.71. The number of amides is 1. The van der Waals surface area contributed by atoms with Crippen LogP contribution in [0.25, 0.3) is 0 Å². The highest BCUT2D eigenvalue weighted by atomic mass is 19.3. The number of hydrogen-bond donors (Lipinski definition) is 2. The first-order valence-corrected chi connectivity index (χ1v) is 6.34. The summed E-state index contributed by atoms with van der Waals surface area (Å²) in [4.78, 5) is 12.0. The van der Waals surface area contributed by atoms with Gasteiger partial charge in [-0.25, -0.2) is 0 Å². The second kappa shape index (κ2) is 6.71.